The van der Waals surface area contributed by atoms with E-state index in [0.717, 1.165) is 12.8 Å². The maximum atomic E-state index is 10.9. The Bertz CT molecular complexity index is 177. The first-order chi connectivity index (χ1) is 5.81. The quantitative estimate of drug-likeness (QED) is 0.215. The average Bonchev–Trinajstić information content (AvgIpc) is 2.05. The van der Waals surface area contributed by atoms with Crippen molar-refractivity contribution in [2.24, 2.45) is 5.11 Å². The van der Waals surface area contributed by atoms with Crippen molar-refractivity contribution in [3.05, 3.63) is 10.4 Å². The summed E-state index contributed by atoms with van der Waals surface area (Å²) in [5.41, 5.74) is 7.94. The summed E-state index contributed by atoms with van der Waals surface area (Å²) in [5.74, 6) is 0.862. The maximum absolute atomic E-state index is 10.9. The van der Waals surface area contributed by atoms with Gasteiger partial charge in [-0.15, -0.1) is 0 Å². The van der Waals surface area contributed by atoms with Crippen LogP contribution in [0.25, 0.3) is 10.4 Å². The van der Waals surface area contributed by atoms with Crippen LogP contribution in [0.2, 0.25) is 0 Å². The minimum atomic E-state index is 0.242. The van der Waals surface area contributed by atoms with Gasteiger partial charge in [-0.05, 0) is 24.1 Å². The summed E-state index contributed by atoms with van der Waals surface area (Å²) in [5, 5.41) is 3.37. The second-order valence-electron chi connectivity index (χ2n) is 2.42. The van der Waals surface area contributed by atoms with E-state index in [1.807, 2.05) is 0 Å². The molecule has 0 fully saturated rings. The summed E-state index contributed by atoms with van der Waals surface area (Å²) in [6.45, 7) is 0.491. The van der Waals surface area contributed by atoms with Gasteiger partial charge in [0.05, 0.1) is 0 Å². The van der Waals surface area contributed by atoms with E-state index in [9.17, 15) is 4.79 Å². The van der Waals surface area contributed by atoms with Gasteiger partial charge >= 0.3 is 0 Å². The van der Waals surface area contributed by atoms with E-state index < -0.39 is 0 Å². The van der Waals surface area contributed by atoms with Gasteiger partial charge in [-0.2, -0.15) is 12.6 Å². The molecule has 5 heteroatoms. The van der Waals surface area contributed by atoms with Gasteiger partial charge in [0.1, 0.15) is 5.78 Å². The number of azide groups is 1. The number of thiol groups is 1. The molecule has 0 aliphatic rings. The summed E-state index contributed by atoms with van der Waals surface area (Å²) >= 11 is 3.95. The molecule has 0 saturated carbocycles. The lowest BCUT2D eigenvalue weighted by molar-refractivity contribution is -0.118. The number of nitrogens with zero attached hydrogens (tertiary/aromatic N) is 3. The molecule has 4 nitrogen and oxygen atoms in total. The molecule has 68 valence electrons. The molecule has 0 aromatic carbocycles. The SMILES string of the molecule is [N-]=[N+]=NCCCCC(=O)CCS. The maximum Gasteiger partial charge on any atom is 0.133 e. The van der Waals surface area contributed by atoms with Gasteiger partial charge < -0.3 is 0 Å². The highest BCUT2D eigenvalue weighted by Crippen LogP contribution is 2.00. The van der Waals surface area contributed by atoms with Crippen molar-refractivity contribution in [1.29, 1.82) is 0 Å². The summed E-state index contributed by atoms with van der Waals surface area (Å²) in [7, 11) is 0. The Balaban J connectivity index is 3.19. The van der Waals surface area contributed by atoms with Gasteiger partial charge in [0, 0.05) is 24.3 Å². The normalized spacial score (nSPS) is 9.08. The highest BCUT2D eigenvalue weighted by Gasteiger charge is 1.98. The number of hydrogen-bond acceptors (Lipinski definition) is 3. The minimum absolute atomic E-state index is 0.242. The van der Waals surface area contributed by atoms with Gasteiger partial charge in [0.25, 0.3) is 0 Å². The first-order valence-corrected chi connectivity index (χ1v) is 4.58. The van der Waals surface area contributed by atoms with Crippen LogP contribution in [0.4, 0.5) is 0 Å². The van der Waals surface area contributed by atoms with Crippen LogP contribution >= 0.6 is 12.6 Å². The van der Waals surface area contributed by atoms with E-state index in [2.05, 4.69) is 22.7 Å². The number of Topliss-reactive ketones (excluding diaryl/α,β-unsaturated/α-hetero) is 1. The number of carbonyl (C=O) groups excluding carboxylic acids is 1. The molecule has 0 atom stereocenters. The molecular weight excluding hydrogens is 174 g/mol. The fourth-order valence-corrected chi connectivity index (χ4v) is 1.05. The molecule has 0 amide bonds. The monoisotopic (exact) mass is 187 g/mol. The van der Waals surface area contributed by atoms with E-state index in [1.165, 1.54) is 0 Å². The van der Waals surface area contributed by atoms with Crippen molar-refractivity contribution in [3.63, 3.8) is 0 Å². The predicted molar refractivity (Wildman–Crippen MR) is 51.3 cm³/mol. The van der Waals surface area contributed by atoms with E-state index in [0.29, 0.717) is 25.1 Å². The van der Waals surface area contributed by atoms with E-state index in [1.54, 1.807) is 0 Å². The highest BCUT2D eigenvalue weighted by atomic mass is 32.1. The Hall–Kier alpha value is -0.670. The Morgan fingerprint density at radius 2 is 2.17 bits per heavy atom. The minimum Gasteiger partial charge on any atom is -0.300 e. The van der Waals surface area contributed by atoms with Gasteiger partial charge in [-0.3, -0.25) is 4.79 Å². The van der Waals surface area contributed by atoms with Crippen LogP contribution in [0, 0.1) is 0 Å². The topological polar surface area (TPSA) is 65.8 Å². The summed E-state index contributed by atoms with van der Waals surface area (Å²) in [6.07, 6.45) is 2.74. The molecule has 0 radical (unpaired) electrons. The molecule has 12 heavy (non-hydrogen) atoms. The van der Waals surface area contributed by atoms with Crippen LogP contribution in [0.1, 0.15) is 25.7 Å². The third-order valence-corrected chi connectivity index (χ3v) is 1.64. The molecule has 0 spiro atoms. The zero-order chi connectivity index (χ0) is 9.23. The molecule has 0 N–H and O–H groups in total. The van der Waals surface area contributed by atoms with Crippen LogP contribution in [0.15, 0.2) is 5.11 Å². The molecule has 0 aliphatic carbocycles. The van der Waals surface area contributed by atoms with Crippen molar-refractivity contribution < 1.29 is 4.79 Å². The van der Waals surface area contributed by atoms with Gasteiger partial charge in [0.2, 0.25) is 0 Å². The zero-order valence-electron chi connectivity index (χ0n) is 6.94. The lowest BCUT2D eigenvalue weighted by Crippen LogP contribution is -1.98. The van der Waals surface area contributed by atoms with Gasteiger partial charge in [0.15, 0.2) is 0 Å². The molecule has 0 aromatic heterocycles. The number of unbranched alkanes of at least 4 members (excludes halogenated alkanes) is 1. The number of rotatable bonds is 7. The standard InChI is InChI=1S/C7H13N3OS/c8-10-9-5-2-1-3-7(11)4-6-12/h12H,1-6H2. The van der Waals surface area contributed by atoms with Crippen molar-refractivity contribution in [2.45, 2.75) is 25.7 Å². The molecule has 0 heterocycles. The van der Waals surface area contributed by atoms with E-state index >= 15 is 0 Å². The van der Waals surface area contributed by atoms with Crippen molar-refractivity contribution in [1.82, 2.24) is 0 Å². The van der Waals surface area contributed by atoms with Gasteiger partial charge in [-0.1, -0.05) is 5.11 Å². The Morgan fingerprint density at radius 3 is 2.75 bits per heavy atom. The van der Waals surface area contributed by atoms with E-state index in [-0.39, 0.29) is 5.78 Å². The Kier molecular flexibility index (Phi) is 7.96. The number of carbonyl (C=O) groups is 1. The largest absolute Gasteiger partial charge is 0.300 e. The first-order valence-electron chi connectivity index (χ1n) is 3.94. The molecule has 0 unspecified atom stereocenters. The predicted octanol–water partition coefficient (Wildman–Crippen LogP) is 2.36. The summed E-state index contributed by atoms with van der Waals surface area (Å²) in [4.78, 5) is 13.5. The fourth-order valence-electron chi connectivity index (χ4n) is 0.799. The molecule has 0 aromatic rings. The van der Waals surface area contributed by atoms with Crippen LogP contribution in [-0.2, 0) is 4.79 Å². The van der Waals surface area contributed by atoms with Crippen LogP contribution in [0.5, 0.6) is 0 Å². The van der Waals surface area contributed by atoms with Crippen LogP contribution < -0.4 is 0 Å². The number of ketones is 1. The summed E-state index contributed by atoms with van der Waals surface area (Å²) in [6, 6.07) is 0. The average molecular weight is 187 g/mol. The highest BCUT2D eigenvalue weighted by molar-refractivity contribution is 7.80. The number of hydrogen-bond donors (Lipinski definition) is 1. The zero-order valence-corrected chi connectivity index (χ0v) is 7.83. The van der Waals surface area contributed by atoms with Crippen molar-refractivity contribution >= 4 is 18.4 Å². The molecule has 0 aliphatic heterocycles. The van der Waals surface area contributed by atoms with Gasteiger partial charge in [-0.25, -0.2) is 0 Å². The van der Waals surface area contributed by atoms with Crippen molar-refractivity contribution in [2.75, 3.05) is 12.3 Å². The molecular formula is C7H13N3OS. The molecule has 0 bridgehead atoms. The smallest absolute Gasteiger partial charge is 0.133 e. The third-order valence-electron chi connectivity index (χ3n) is 1.42. The Morgan fingerprint density at radius 1 is 1.42 bits per heavy atom. The molecule has 0 rings (SSSR count). The van der Waals surface area contributed by atoms with Crippen molar-refractivity contribution in [3.8, 4) is 0 Å². The van der Waals surface area contributed by atoms with Crippen LogP contribution in [-0.4, -0.2) is 18.1 Å². The Labute approximate surface area is 77.4 Å². The van der Waals surface area contributed by atoms with E-state index in [4.69, 9.17) is 5.53 Å². The lowest BCUT2D eigenvalue weighted by atomic mass is 10.1. The lowest BCUT2D eigenvalue weighted by Gasteiger charge is -1.96. The third kappa shape index (κ3) is 7.44. The summed E-state index contributed by atoms with van der Waals surface area (Å²) < 4.78 is 0. The molecule has 0 saturated heterocycles. The van der Waals surface area contributed by atoms with Crippen LogP contribution in [0.3, 0.4) is 0 Å². The second kappa shape index (κ2) is 8.43. The fraction of sp³-hybridized carbons (Fsp3) is 0.857. The second-order valence-corrected chi connectivity index (χ2v) is 2.87. The first kappa shape index (κ1) is 11.3.